The van der Waals surface area contributed by atoms with Crippen molar-refractivity contribution in [3.63, 3.8) is 0 Å². The number of hydrogen-bond donors (Lipinski definition) is 2. The van der Waals surface area contributed by atoms with Gasteiger partial charge in [0.05, 0.1) is 27.8 Å². The summed E-state index contributed by atoms with van der Waals surface area (Å²) in [6.45, 7) is 1.50. The van der Waals surface area contributed by atoms with Crippen LogP contribution in [0, 0.1) is 0 Å². The van der Waals surface area contributed by atoms with Gasteiger partial charge in [-0.15, -0.1) is 0 Å². The predicted octanol–water partition coefficient (Wildman–Crippen LogP) is 3.18. The number of amides is 1. The Morgan fingerprint density at radius 1 is 1.08 bits per heavy atom. The van der Waals surface area contributed by atoms with Gasteiger partial charge in [-0.05, 0) is 24.3 Å². The normalized spacial score (nSPS) is 11.8. The summed E-state index contributed by atoms with van der Waals surface area (Å²) in [6.07, 6.45) is 0. The van der Waals surface area contributed by atoms with Gasteiger partial charge in [0, 0.05) is 0 Å². The average molecular weight is 389 g/mol. The van der Waals surface area contributed by atoms with Crippen LogP contribution < -0.4 is 15.0 Å². The fourth-order valence-electron chi connectivity index (χ4n) is 2.04. The summed E-state index contributed by atoms with van der Waals surface area (Å²) in [4.78, 5) is 13.1. The molecule has 2 N–H and O–H groups in total. The minimum Gasteiger partial charge on any atom is -0.488 e. The number of quaternary nitrogens is 1. The van der Waals surface area contributed by atoms with Crippen molar-refractivity contribution in [1.82, 2.24) is 0 Å². The molecule has 0 saturated heterocycles. The third-order valence-electron chi connectivity index (χ3n) is 3.29. The topological polar surface area (TPSA) is 42.8 Å². The second-order valence-corrected chi connectivity index (χ2v) is 6.56. The van der Waals surface area contributed by atoms with E-state index in [1.807, 2.05) is 37.4 Å². The number of hydrogen-bond acceptors (Lipinski definition) is 2. The van der Waals surface area contributed by atoms with E-state index < -0.39 is 0 Å². The largest absolute Gasteiger partial charge is 0.488 e. The number of ether oxygens (including phenoxy) is 1. The Balaban J connectivity index is 1.78. The molecule has 0 aromatic heterocycles. The molecule has 4 nitrogen and oxygen atoms in total. The van der Waals surface area contributed by atoms with Crippen LogP contribution in [0.5, 0.6) is 5.75 Å². The summed E-state index contributed by atoms with van der Waals surface area (Å²) < 4.78 is 5.62. The molecule has 0 bridgehead atoms. The molecule has 0 heterocycles. The number of carbonyl (C=O) groups excluding carboxylic acids is 1. The Morgan fingerprint density at radius 2 is 1.75 bits per heavy atom. The number of rotatable bonds is 7. The highest BCUT2D eigenvalue weighted by Gasteiger charge is 2.13. The van der Waals surface area contributed by atoms with Crippen LogP contribution in [0.1, 0.15) is 0 Å². The SMILES string of the molecule is C[NH+](CCOc1ccccc1)CC(=O)Nc1cc(Cl)c(Cl)cc1Cl. The lowest BCUT2D eigenvalue weighted by Crippen LogP contribution is -3.10. The monoisotopic (exact) mass is 387 g/mol. The maximum Gasteiger partial charge on any atom is 0.279 e. The van der Waals surface area contributed by atoms with E-state index in [4.69, 9.17) is 39.5 Å². The van der Waals surface area contributed by atoms with E-state index in [2.05, 4.69) is 5.32 Å². The second kappa shape index (κ2) is 9.14. The van der Waals surface area contributed by atoms with Gasteiger partial charge in [-0.3, -0.25) is 4.79 Å². The Kier molecular flexibility index (Phi) is 7.18. The van der Waals surface area contributed by atoms with E-state index in [1.54, 1.807) is 0 Å². The highest BCUT2D eigenvalue weighted by molar-refractivity contribution is 6.44. The molecule has 24 heavy (non-hydrogen) atoms. The van der Waals surface area contributed by atoms with Crippen LogP contribution in [-0.2, 0) is 4.79 Å². The third kappa shape index (κ3) is 5.87. The zero-order valence-corrected chi connectivity index (χ0v) is 15.4. The Bertz CT molecular complexity index is 696. The molecule has 128 valence electrons. The van der Waals surface area contributed by atoms with Gasteiger partial charge in [-0.2, -0.15) is 0 Å². The first kappa shape index (κ1) is 18.9. The lowest BCUT2D eigenvalue weighted by Gasteiger charge is -2.15. The van der Waals surface area contributed by atoms with Gasteiger partial charge < -0.3 is 15.0 Å². The summed E-state index contributed by atoms with van der Waals surface area (Å²) in [5, 5.41) is 3.78. The van der Waals surface area contributed by atoms with Crippen molar-refractivity contribution >= 4 is 46.4 Å². The van der Waals surface area contributed by atoms with Crippen LogP contribution in [-0.4, -0.2) is 32.7 Å². The molecule has 0 spiro atoms. The minimum absolute atomic E-state index is 0.160. The molecule has 2 rings (SSSR count). The molecular weight excluding hydrogens is 371 g/mol. The van der Waals surface area contributed by atoms with Crippen LogP contribution in [0.25, 0.3) is 0 Å². The van der Waals surface area contributed by atoms with Gasteiger partial charge in [-0.1, -0.05) is 53.0 Å². The molecule has 1 amide bonds. The maximum atomic E-state index is 12.1. The number of benzene rings is 2. The van der Waals surface area contributed by atoms with Crippen molar-refractivity contribution in [2.75, 3.05) is 32.1 Å². The zero-order chi connectivity index (χ0) is 17.5. The lowest BCUT2D eigenvalue weighted by molar-refractivity contribution is -0.871. The number of carbonyl (C=O) groups is 1. The first-order chi connectivity index (χ1) is 11.5. The van der Waals surface area contributed by atoms with Crippen LogP contribution in [0.15, 0.2) is 42.5 Å². The van der Waals surface area contributed by atoms with E-state index in [9.17, 15) is 4.79 Å². The first-order valence-electron chi connectivity index (χ1n) is 7.39. The smallest absolute Gasteiger partial charge is 0.279 e. The molecule has 0 fully saturated rings. The van der Waals surface area contributed by atoms with Crippen LogP contribution >= 0.6 is 34.8 Å². The van der Waals surface area contributed by atoms with E-state index in [-0.39, 0.29) is 12.5 Å². The molecule has 0 saturated carbocycles. The molecule has 7 heteroatoms. The average Bonchev–Trinajstić information content (AvgIpc) is 2.53. The van der Waals surface area contributed by atoms with E-state index in [1.165, 1.54) is 12.1 Å². The van der Waals surface area contributed by atoms with Crippen LogP contribution in [0.4, 0.5) is 5.69 Å². The predicted molar refractivity (Wildman–Crippen MR) is 98.7 cm³/mol. The summed E-state index contributed by atoms with van der Waals surface area (Å²) in [7, 11) is 1.92. The molecule has 1 unspecified atom stereocenters. The third-order valence-corrected chi connectivity index (χ3v) is 4.32. The fourth-order valence-corrected chi connectivity index (χ4v) is 2.63. The van der Waals surface area contributed by atoms with E-state index in [0.29, 0.717) is 33.9 Å². The molecule has 0 aliphatic carbocycles. The highest BCUT2D eigenvalue weighted by atomic mass is 35.5. The molecule has 0 aliphatic heterocycles. The molecule has 0 radical (unpaired) electrons. The number of nitrogens with one attached hydrogen (secondary N) is 2. The summed E-state index contributed by atoms with van der Waals surface area (Å²) >= 11 is 17.9. The number of likely N-dealkylation sites (N-methyl/N-ethyl adjacent to an activating group) is 1. The van der Waals surface area contributed by atoms with Crippen LogP contribution in [0.2, 0.25) is 15.1 Å². The summed E-state index contributed by atoms with van der Waals surface area (Å²) in [5.41, 5.74) is 0.449. The summed E-state index contributed by atoms with van der Waals surface area (Å²) in [6, 6.07) is 12.6. The Morgan fingerprint density at radius 3 is 2.46 bits per heavy atom. The number of anilines is 1. The molecule has 2 aromatic carbocycles. The van der Waals surface area contributed by atoms with Crippen LogP contribution in [0.3, 0.4) is 0 Å². The van der Waals surface area contributed by atoms with Gasteiger partial charge >= 0.3 is 0 Å². The van der Waals surface area contributed by atoms with Gasteiger partial charge in [0.25, 0.3) is 5.91 Å². The van der Waals surface area contributed by atoms with Crippen molar-refractivity contribution in [2.45, 2.75) is 0 Å². The molecule has 0 aliphatic rings. The summed E-state index contributed by atoms with van der Waals surface area (Å²) in [5.74, 6) is 0.657. The molecule has 1 atom stereocenters. The second-order valence-electron chi connectivity index (χ2n) is 5.34. The quantitative estimate of drug-likeness (QED) is 0.716. The standard InChI is InChI=1S/C17H17Cl3N2O2/c1-22(7-8-24-12-5-3-2-4-6-12)11-17(23)21-16-10-14(19)13(18)9-15(16)20/h2-6,9-10H,7-8,11H2,1H3,(H,21,23)/p+1. The minimum atomic E-state index is -0.160. The first-order valence-corrected chi connectivity index (χ1v) is 8.52. The van der Waals surface area contributed by atoms with Gasteiger partial charge in [0.1, 0.15) is 18.9 Å². The van der Waals surface area contributed by atoms with Crippen molar-refractivity contribution in [2.24, 2.45) is 0 Å². The zero-order valence-electron chi connectivity index (χ0n) is 13.1. The van der Waals surface area contributed by atoms with E-state index >= 15 is 0 Å². The maximum absolute atomic E-state index is 12.1. The molecular formula is C17H18Cl3N2O2+. The van der Waals surface area contributed by atoms with Gasteiger partial charge in [0.2, 0.25) is 0 Å². The Labute approximate surface area is 156 Å². The van der Waals surface area contributed by atoms with Crippen molar-refractivity contribution in [3.05, 3.63) is 57.5 Å². The van der Waals surface area contributed by atoms with Gasteiger partial charge in [0.15, 0.2) is 6.54 Å². The van der Waals surface area contributed by atoms with Crippen molar-refractivity contribution in [3.8, 4) is 5.75 Å². The van der Waals surface area contributed by atoms with E-state index in [0.717, 1.165) is 10.6 Å². The van der Waals surface area contributed by atoms with Gasteiger partial charge in [-0.25, -0.2) is 0 Å². The highest BCUT2D eigenvalue weighted by Crippen LogP contribution is 2.32. The van der Waals surface area contributed by atoms with Crippen molar-refractivity contribution < 1.29 is 14.4 Å². The van der Waals surface area contributed by atoms with Crippen molar-refractivity contribution in [1.29, 1.82) is 0 Å². The number of para-hydroxylation sites is 1. The number of halogens is 3. The molecule has 2 aromatic rings. The Hall–Kier alpha value is -1.46. The fraction of sp³-hybridized carbons (Fsp3) is 0.235. The lowest BCUT2D eigenvalue weighted by atomic mass is 10.3.